The summed E-state index contributed by atoms with van der Waals surface area (Å²) in [6, 6.07) is 12.0. The monoisotopic (exact) mass is 478 g/mol. The van der Waals surface area contributed by atoms with Gasteiger partial charge in [-0.1, -0.05) is 23.9 Å². The fourth-order valence-electron chi connectivity index (χ4n) is 4.17. The number of hydrogen-bond donors (Lipinski definition) is 0. The van der Waals surface area contributed by atoms with Gasteiger partial charge in [0.15, 0.2) is 16.8 Å². The van der Waals surface area contributed by atoms with Crippen LogP contribution in [0.2, 0.25) is 0 Å². The third-order valence-corrected chi connectivity index (χ3v) is 7.09. The second-order valence-electron chi connectivity index (χ2n) is 8.19. The van der Waals surface area contributed by atoms with Crippen LogP contribution in [0.15, 0.2) is 52.2 Å². The maximum Gasteiger partial charge on any atom is 0.191 e. The molecule has 0 atom stereocenters. The number of ether oxygens (including phenoxy) is 1. The number of carbonyl (C=O) groups is 1. The quantitative estimate of drug-likeness (QED) is 0.221. The molecule has 4 rings (SSSR count). The highest BCUT2D eigenvalue weighted by Gasteiger charge is 2.20. The average Bonchev–Trinajstić information content (AvgIpc) is 3.53. The molecule has 3 heterocycles. The molecule has 0 amide bonds. The zero-order chi connectivity index (χ0) is 24.2. The summed E-state index contributed by atoms with van der Waals surface area (Å²) in [6.45, 7) is 9.56. The van der Waals surface area contributed by atoms with Crippen molar-refractivity contribution in [2.75, 3.05) is 12.9 Å². The van der Waals surface area contributed by atoms with Gasteiger partial charge in [-0.2, -0.15) is 0 Å². The van der Waals surface area contributed by atoms with Gasteiger partial charge < -0.3 is 18.3 Å². The Morgan fingerprint density at radius 2 is 1.85 bits per heavy atom. The lowest BCUT2D eigenvalue weighted by Gasteiger charge is -2.10. The van der Waals surface area contributed by atoms with Crippen molar-refractivity contribution in [3.05, 3.63) is 70.9 Å². The van der Waals surface area contributed by atoms with E-state index in [0.717, 1.165) is 58.0 Å². The highest BCUT2D eigenvalue weighted by atomic mass is 32.2. The molecule has 0 aliphatic rings. The minimum Gasteiger partial charge on any atom is -0.497 e. The van der Waals surface area contributed by atoms with Crippen LogP contribution in [0.5, 0.6) is 5.75 Å². The van der Waals surface area contributed by atoms with Crippen LogP contribution in [0.3, 0.4) is 0 Å². The van der Waals surface area contributed by atoms with E-state index in [2.05, 4.69) is 33.8 Å². The number of benzene rings is 1. The molecular formula is C26H30N4O3S. The maximum absolute atomic E-state index is 13.1. The van der Waals surface area contributed by atoms with Crippen LogP contribution in [-0.4, -0.2) is 38.0 Å². The second-order valence-corrected chi connectivity index (χ2v) is 9.13. The number of rotatable bonds is 10. The van der Waals surface area contributed by atoms with Gasteiger partial charge in [0.05, 0.1) is 24.7 Å². The van der Waals surface area contributed by atoms with Gasteiger partial charge in [0.25, 0.3) is 0 Å². The molecular weight excluding hydrogens is 448 g/mol. The number of ketones is 1. The van der Waals surface area contributed by atoms with E-state index in [1.165, 1.54) is 17.3 Å². The largest absolute Gasteiger partial charge is 0.497 e. The number of methoxy groups -OCH3 is 1. The number of furan rings is 1. The van der Waals surface area contributed by atoms with Crippen LogP contribution in [-0.2, 0) is 19.5 Å². The first kappa shape index (κ1) is 23.9. The number of Topliss-reactive ketones (excluding diaryl/α,β-unsaturated/α-hetero) is 1. The number of thioether (sulfide) groups is 1. The Kier molecular flexibility index (Phi) is 7.26. The standard InChI is InChI=1S/C26H30N4O3S/c1-6-29-25(22-12-14-33-19(22)4)27-28-26(29)34-16-24(31)23-15-17(2)30(18(23)3)13-11-20-7-9-21(32-5)10-8-20/h7-10,12,14-15H,6,11,13,16H2,1-5H3. The second kappa shape index (κ2) is 10.3. The maximum atomic E-state index is 13.1. The molecule has 0 aliphatic heterocycles. The summed E-state index contributed by atoms with van der Waals surface area (Å²) in [5, 5.41) is 9.42. The third-order valence-electron chi connectivity index (χ3n) is 6.12. The predicted molar refractivity (Wildman–Crippen MR) is 134 cm³/mol. The summed E-state index contributed by atoms with van der Waals surface area (Å²) in [7, 11) is 1.67. The van der Waals surface area contributed by atoms with E-state index in [0.29, 0.717) is 12.3 Å². The molecule has 0 N–H and O–H groups in total. The van der Waals surface area contributed by atoms with Crippen LogP contribution in [0.4, 0.5) is 0 Å². The van der Waals surface area contributed by atoms with Crippen molar-refractivity contribution < 1.29 is 13.9 Å². The smallest absolute Gasteiger partial charge is 0.191 e. The molecule has 178 valence electrons. The molecule has 0 fully saturated rings. The lowest BCUT2D eigenvalue weighted by atomic mass is 10.1. The Hall–Kier alpha value is -3.26. The van der Waals surface area contributed by atoms with E-state index in [1.807, 2.05) is 49.6 Å². The number of nitrogens with zero attached hydrogens (tertiary/aromatic N) is 4. The molecule has 34 heavy (non-hydrogen) atoms. The Balaban J connectivity index is 1.44. The topological polar surface area (TPSA) is 75.1 Å². The lowest BCUT2D eigenvalue weighted by Crippen LogP contribution is -2.09. The summed E-state index contributed by atoms with van der Waals surface area (Å²) in [4.78, 5) is 13.1. The zero-order valence-corrected chi connectivity index (χ0v) is 21.1. The minimum absolute atomic E-state index is 0.0977. The van der Waals surface area contributed by atoms with Crippen LogP contribution in [0.1, 0.15) is 40.0 Å². The normalized spacial score (nSPS) is 11.2. The first-order valence-corrected chi connectivity index (χ1v) is 12.3. The van der Waals surface area contributed by atoms with E-state index >= 15 is 0 Å². The van der Waals surface area contributed by atoms with Crippen molar-refractivity contribution in [2.24, 2.45) is 0 Å². The SMILES string of the molecule is CCn1c(SCC(=O)c2cc(C)n(CCc3ccc(OC)cc3)c2C)nnc1-c1ccoc1C. The van der Waals surface area contributed by atoms with E-state index in [4.69, 9.17) is 9.15 Å². The van der Waals surface area contributed by atoms with Crippen molar-refractivity contribution in [2.45, 2.75) is 52.4 Å². The highest BCUT2D eigenvalue weighted by Crippen LogP contribution is 2.28. The summed E-state index contributed by atoms with van der Waals surface area (Å²) in [5.41, 5.74) is 5.03. The third kappa shape index (κ3) is 4.82. The summed E-state index contributed by atoms with van der Waals surface area (Å²) in [6.07, 6.45) is 2.54. The number of carbonyl (C=O) groups excluding carboxylic acids is 1. The summed E-state index contributed by atoms with van der Waals surface area (Å²) >= 11 is 1.42. The Labute approximate surface area is 204 Å². The Bertz CT molecular complexity index is 1280. The van der Waals surface area contributed by atoms with E-state index in [-0.39, 0.29) is 5.78 Å². The van der Waals surface area contributed by atoms with E-state index in [9.17, 15) is 4.79 Å². The number of aromatic nitrogens is 4. The molecule has 4 aromatic rings. The highest BCUT2D eigenvalue weighted by molar-refractivity contribution is 7.99. The van der Waals surface area contributed by atoms with Crippen LogP contribution in [0.25, 0.3) is 11.4 Å². The molecule has 0 saturated carbocycles. The van der Waals surface area contributed by atoms with Crippen LogP contribution >= 0.6 is 11.8 Å². The Morgan fingerprint density at radius 1 is 1.09 bits per heavy atom. The first-order valence-electron chi connectivity index (χ1n) is 11.4. The number of aryl methyl sites for hydroxylation is 3. The van der Waals surface area contributed by atoms with Crippen LogP contribution in [0, 0.1) is 20.8 Å². The van der Waals surface area contributed by atoms with Gasteiger partial charge in [-0.3, -0.25) is 4.79 Å². The van der Waals surface area contributed by atoms with Crippen molar-refractivity contribution in [1.29, 1.82) is 0 Å². The fourth-order valence-corrected chi connectivity index (χ4v) is 5.05. The molecule has 3 aromatic heterocycles. The molecule has 7 nitrogen and oxygen atoms in total. The summed E-state index contributed by atoms with van der Waals surface area (Å²) < 4.78 is 14.9. The Morgan fingerprint density at radius 3 is 2.50 bits per heavy atom. The summed E-state index contributed by atoms with van der Waals surface area (Å²) in [5.74, 6) is 2.83. The van der Waals surface area contributed by atoms with Crippen LogP contribution < -0.4 is 4.74 Å². The molecule has 0 saturated heterocycles. The lowest BCUT2D eigenvalue weighted by molar-refractivity contribution is 0.102. The van der Waals surface area contributed by atoms with Gasteiger partial charge in [-0.25, -0.2) is 0 Å². The molecule has 1 aromatic carbocycles. The van der Waals surface area contributed by atoms with Crippen molar-refractivity contribution in [3.63, 3.8) is 0 Å². The van der Waals surface area contributed by atoms with E-state index < -0.39 is 0 Å². The molecule has 0 spiro atoms. The van der Waals surface area contributed by atoms with E-state index in [1.54, 1.807) is 13.4 Å². The molecule has 0 radical (unpaired) electrons. The van der Waals surface area contributed by atoms with Gasteiger partial charge in [-0.15, -0.1) is 10.2 Å². The average molecular weight is 479 g/mol. The molecule has 8 heteroatoms. The van der Waals surface area contributed by atoms with Crippen molar-refractivity contribution in [1.82, 2.24) is 19.3 Å². The first-order chi connectivity index (χ1) is 16.4. The predicted octanol–water partition coefficient (Wildman–Crippen LogP) is 5.51. The number of hydrogen-bond acceptors (Lipinski definition) is 6. The molecule has 0 aliphatic carbocycles. The van der Waals surface area contributed by atoms with Gasteiger partial charge in [0, 0.05) is 30.0 Å². The van der Waals surface area contributed by atoms with Crippen molar-refractivity contribution >= 4 is 17.5 Å². The minimum atomic E-state index is 0.0977. The molecule has 0 unspecified atom stereocenters. The fraction of sp³-hybridized carbons (Fsp3) is 0.346. The van der Waals surface area contributed by atoms with Gasteiger partial charge in [0.2, 0.25) is 0 Å². The zero-order valence-electron chi connectivity index (χ0n) is 20.3. The van der Waals surface area contributed by atoms with Gasteiger partial charge in [0.1, 0.15) is 11.5 Å². The van der Waals surface area contributed by atoms with Crippen molar-refractivity contribution in [3.8, 4) is 17.1 Å². The van der Waals surface area contributed by atoms with Gasteiger partial charge >= 0.3 is 0 Å². The molecule has 0 bridgehead atoms. The van der Waals surface area contributed by atoms with Gasteiger partial charge in [-0.05, 0) is 63.9 Å².